The number of ether oxygens (including phenoxy) is 1. The fraction of sp³-hybridized carbons (Fsp3) is 0.200. The zero-order valence-corrected chi connectivity index (χ0v) is 14.2. The van der Waals surface area contributed by atoms with Crippen LogP contribution in [0.15, 0.2) is 48.5 Å². The molecule has 0 spiro atoms. The summed E-state index contributed by atoms with van der Waals surface area (Å²) in [5, 5.41) is 9.57. The fourth-order valence-electron chi connectivity index (χ4n) is 2.25. The summed E-state index contributed by atoms with van der Waals surface area (Å²) in [6.45, 7) is 3.06. The molecule has 0 saturated carbocycles. The predicted molar refractivity (Wildman–Crippen MR) is 93.2 cm³/mol. The van der Waals surface area contributed by atoms with Crippen LogP contribution in [0.4, 0.5) is 4.39 Å². The van der Waals surface area contributed by atoms with Crippen LogP contribution in [0.1, 0.15) is 29.8 Å². The first-order chi connectivity index (χ1) is 11.8. The normalized spacial score (nSPS) is 11.5. The summed E-state index contributed by atoms with van der Waals surface area (Å²) in [7, 11) is 1.43. The number of allylic oxidation sites excluding steroid dienone is 1. The topological polar surface area (TPSA) is 63.6 Å². The molecule has 2 aromatic carbocycles. The van der Waals surface area contributed by atoms with E-state index in [1.54, 1.807) is 18.2 Å². The molecule has 5 heteroatoms. The molecular formula is C20H19FO4. The smallest absolute Gasteiger partial charge is 0.176 e. The molecule has 0 aromatic heterocycles. The summed E-state index contributed by atoms with van der Waals surface area (Å²) in [4.78, 5) is 25.0. The highest BCUT2D eigenvalue weighted by Crippen LogP contribution is 2.28. The minimum absolute atomic E-state index is 0.00204. The Morgan fingerprint density at radius 2 is 1.76 bits per heavy atom. The Bertz CT molecular complexity index is 820. The van der Waals surface area contributed by atoms with Crippen molar-refractivity contribution in [2.45, 2.75) is 13.8 Å². The summed E-state index contributed by atoms with van der Waals surface area (Å²) >= 11 is 0. The highest BCUT2D eigenvalue weighted by molar-refractivity contribution is 6.17. The van der Waals surface area contributed by atoms with Gasteiger partial charge in [0.25, 0.3) is 0 Å². The highest BCUT2D eigenvalue weighted by Gasteiger charge is 2.34. The van der Waals surface area contributed by atoms with Gasteiger partial charge >= 0.3 is 0 Å². The van der Waals surface area contributed by atoms with Crippen molar-refractivity contribution in [3.63, 3.8) is 0 Å². The summed E-state index contributed by atoms with van der Waals surface area (Å²) in [5.41, 5.74) is -0.359. The number of ketones is 2. The van der Waals surface area contributed by atoms with Gasteiger partial charge in [0.15, 0.2) is 23.1 Å². The van der Waals surface area contributed by atoms with Crippen molar-refractivity contribution < 1.29 is 23.8 Å². The van der Waals surface area contributed by atoms with Gasteiger partial charge in [-0.1, -0.05) is 12.1 Å². The molecule has 0 amide bonds. The molecule has 0 aliphatic carbocycles. The minimum atomic E-state index is -1.28. The molecule has 0 bridgehead atoms. The van der Waals surface area contributed by atoms with Crippen LogP contribution in [0.5, 0.6) is 11.5 Å². The maximum atomic E-state index is 13.0. The molecule has 0 aliphatic heterocycles. The van der Waals surface area contributed by atoms with Crippen LogP contribution in [-0.2, 0) is 4.79 Å². The quantitative estimate of drug-likeness (QED) is 0.489. The van der Waals surface area contributed by atoms with Gasteiger partial charge in [0, 0.05) is 5.56 Å². The molecule has 0 atom stereocenters. The number of phenols is 1. The molecule has 0 fully saturated rings. The van der Waals surface area contributed by atoms with E-state index in [9.17, 15) is 19.1 Å². The van der Waals surface area contributed by atoms with Crippen LogP contribution in [0.2, 0.25) is 0 Å². The van der Waals surface area contributed by atoms with E-state index in [1.807, 2.05) is 0 Å². The van der Waals surface area contributed by atoms with Crippen LogP contribution in [0.3, 0.4) is 0 Å². The number of rotatable bonds is 6. The Morgan fingerprint density at radius 3 is 2.36 bits per heavy atom. The van der Waals surface area contributed by atoms with Gasteiger partial charge in [0.2, 0.25) is 0 Å². The lowest BCUT2D eigenvalue weighted by molar-refractivity contribution is -0.120. The van der Waals surface area contributed by atoms with Crippen LogP contribution in [0.25, 0.3) is 6.08 Å². The lowest BCUT2D eigenvalue weighted by Crippen LogP contribution is -2.32. The van der Waals surface area contributed by atoms with Gasteiger partial charge in [-0.25, -0.2) is 4.39 Å². The number of hydrogen-bond donors (Lipinski definition) is 1. The Labute approximate surface area is 145 Å². The minimum Gasteiger partial charge on any atom is -0.504 e. The first-order valence-electron chi connectivity index (χ1n) is 7.65. The average molecular weight is 342 g/mol. The van der Waals surface area contributed by atoms with E-state index in [0.717, 1.165) is 0 Å². The molecule has 0 saturated heterocycles. The van der Waals surface area contributed by atoms with Crippen molar-refractivity contribution in [3.05, 3.63) is 65.5 Å². The molecule has 0 unspecified atom stereocenters. The molecule has 2 aromatic rings. The van der Waals surface area contributed by atoms with E-state index < -0.39 is 11.2 Å². The number of methoxy groups -OCH3 is 1. The van der Waals surface area contributed by atoms with Gasteiger partial charge in [0.05, 0.1) is 12.5 Å². The Balaban J connectivity index is 2.20. The maximum Gasteiger partial charge on any atom is 0.176 e. The molecular weight excluding hydrogens is 323 g/mol. The third-order valence-corrected chi connectivity index (χ3v) is 3.92. The molecule has 0 radical (unpaired) electrons. The van der Waals surface area contributed by atoms with Crippen molar-refractivity contribution in [3.8, 4) is 11.5 Å². The second-order valence-corrected chi connectivity index (χ2v) is 6.09. The second kappa shape index (κ2) is 7.30. The Morgan fingerprint density at radius 1 is 1.12 bits per heavy atom. The van der Waals surface area contributed by atoms with E-state index in [2.05, 4.69) is 0 Å². The van der Waals surface area contributed by atoms with Crippen molar-refractivity contribution in [2.24, 2.45) is 5.41 Å². The number of carbonyl (C=O) groups is 2. The Hall–Kier alpha value is -2.95. The zero-order valence-electron chi connectivity index (χ0n) is 14.2. The van der Waals surface area contributed by atoms with Crippen molar-refractivity contribution >= 4 is 17.6 Å². The third-order valence-electron chi connectivity index (χ3n) is 3.92. The standard InChI is InChI=1S/C20H19FO4/c1-20(2,19(24)14-6-8-15(21)9-7-14)18(23)11-5-13-4-10-16(22)17(12-13)25-3/h4-12,22H,1-3H3/b11-5+. The molecule has 1 N–H and O–H groups in total. The van der Waals surface area contributed by atoms with Crippen LogP contribution < -0.4 is 4.74 Å². The maximum absolute atomic E-state index is 13.0. The third kappa shape index (κ3) is 4.12. The van der Waals surface area contributed by atoms with Crippen LogP contribution >= 0.6 is 0 Å². The second-order valence-electron chi connectivity index (χ2n) is 6.09. The molecule has 130 valence electrons. The summed E-state index contributed by atoms with van der Waals surface area (Å²) < 4.78 is 18.0. The number of benzene rings is 2. The first-order valence-corrected chi connectivity index (χ1v) is 7.65. The summed E-state index contributed by atoms with van der Waals surface area (Å²) in [5.74, 6) is -0.921. The highest BCUT2D eigenvalue weighted by atomic mass is 19.1. The predicted octanol–water partition coefficient (Wildman–Crippen LogP) is 4.03. The van der Waals surface area contributed by atoms with Crippen LogP contribution in [-0.4, -0.2) is 23.8 Å². The van der Waals surface area contributed by atoms with E-state index in [1.165, 1.54) is 57.4 Å². The fourth-order valence-corrected chi connectivity index (χ4v) is 2.25. The monoisotopic (exact) mass is 342 g/mol. The number of halogens is 1. The SMILES string of the molecule is COc1cc(/C=C/C(=O)C(C)(C)C(=O)c2ccc(F)cc2)ccc1O. The van der Waals surface area contributed by atoms with Gasteiger partial charge < -0.3 is 9.84 Å². The number of carbonyl (C=O) groups excluding carboxylic acids is 2. The number of hydrogen-bond acceptors (Lipinski definition) is 4. The van der Waals surface area contributed by atoms with Crippen molar-refractivity contribution in [1.82, 2.24) is 0 Å². The van der Waals surface area contributed by atoms with Gasteiger partial charge in [-0.15, -0.1) is 0 Å². The van der Waals surface area contributed by atoms with Crippen LogP contribution in [0, 0.1) is 11.2 Å². The molecule has 4 nitrogen and oxygen atoms in total. The largest absolute Gasteiger partial charge is 0.504 e. The molecule has 0 aliphatic rings. The summed E-state index contributed by atoms with van der Waals surface area (Å²) in [6.07, 6.45) is 2.86. The molecule has 2 rings (SSSR count). The van der Waals surface area contributed by atoms with E-state index in [4.69, 9.17) is 4.74 Å². The number of aromatic hydroxyl groups is 1. The van der Waals surface area contributed by atoms with Crippen molar-refractivity contribution in [2.75, 3.05) is 7.11 Å². The average Bonchev–Trinajstić information content (AvgIpc) is 2.60. The number of Topliss-reactive ketones (excluding diaryl/α,β-unsaturated/α-hetero) is 1. The molecule has 25 heavy (non-hydrogen) atoms. The van der Waals surface area contributed by atoms with Gasteiger partial charge in [-0.3, -0.25) is 9.59 Å². The van der Waals surface area contributed by atoms with Gasteiger partial charge in [-0.2, -0.15) is 0 Å². The lowest BCUT2D eigenvalue weighted by atomic mass is 9.80. The molecule has 0 heterocycles. The first kappa shape index (κ1) is 18.4. The number of phenolic OH excluding ortho intramolecular Hbond substituents is 1. The van der Waals surface area contributed by atoms with E-state index in [-0.39, 0.29) is 28.6 Å². The zero-order chi connectivity index (χ0) is 18.6. The van der Waals surface area contributed by atoms with Crippen molar-refractivity contribution in [1.29, 1.82) is 0 Å². The lowest BCUT2D eigenvalue weighted by Gasteiger charge is -2.19. The van der Waals surface area contributed by atoms with E-state index >= 15 is 0 Å². The Kier molecular flexibility index (Phi) is 5.37. The van der Waals surface area contributed by atoms with Gasteiger partial charge in [0.1, 0.15) is 5.82 Å². The summed E-state index contributed by atoms with van der Waals surface area (Å²) in [6, 6.07) is 9.75. The van der Waals surface area contributed by atoms with Gasteiger partial charge in [-0.05, 0) is 61.9 Å². The van der Waals surface area contributed by atoms with E-state index in [0.29, 0.717) is 5.56 Å².